The topological polar surface area (TPSA) is 61.4 Å². The number of hydrogen-bond acceptors (Lipinski definition) is 5. The van der Waals surface area contributed by atoms with Crippen molar-refractivity contribution in [3.63, 3.8) is 0 Å². The van der Waals surface area contributed by atoms with E-state index in [-0.39, 0.29) is 5.91 Å². The second-order valence-electron chi connectivity index (χ2n) is 7.31. The number of nitrogens with one attached hydrogen (secondary N) is 1. The van der Waals surface area contributed by atoms with E-state index in [4.69, 9.17) is 0 Å². The van der Waals surface area contributed by atoms with Gasteiger partial charge in [0, 0.05) is 38.4 Å². The van der Waals surface area contributed by atoms with Crippen LogP contribution in [0.15, 0.2) is 6.20 Å². The molecule has 1 saturated heterocycles. The van der Waals surface area contributed by atoms with Crippen LogP contribution in [0.3, 0.4) is 0 Å². The Morgan fingerprint density at radius 3 is 2.88 bits per heavy atom. The molecule has 1 aromatic heterocycles. The van der Waals surface area contributed by atoms with Crippen molar-refractivity contribution in [2.75, 3.05) is 36.4 Å². The smallest absolute Gasteiger partial charge is 0.259 e. The fourth-order valence-corrected chi connectivity index (χ4v) is 4.46. The summed E-state index contributed by atoms with van der Waals surface area (Å²) in [6.45, 7) is 5.54. The minimum Gasteiger partial charge on any atom is -0.354 e. The van der Waals surface area contributed by atoms with Crippen molar-refractivity contribution in [1.82, 2.24) is 14.9 Å². The fraction of sp³-hybridized carbons (Fsp3) is 0.722. The predicted molar refractivity (Wildman–Crippen MR) is 94.4 cm³/mol. The van der Waals surface area contributed by atoms with Gasteiger partial charge in [0.2, 0.25) is 5.95 Å². The van der Waals surface area contributed by atoms with Gasteiger partial charge in [-0.25, -0.2) is 4.98 Å². The molecule has 1 amide bonds. The van der Waals surface area contributed by atoms with E-state index in [1.54, 1.807) is 6.20 Å². The van der Waals surface area contributed by atoms with Gasteiger partial charge < -0.3 is 15.1 Å². The molecule has 2 aliphatic heterocycles. The van der Waals surface area contributed by atoms with E-state index in [2.05, 4.69) is 25.1 Å². The maximum Gasteiger partial charge on any atom is 0.259 e. The van der Waals surface area contributed by atoms with E-state index in [0.717, 1.165) is 38.4 Å². The van der Waals surface area contributed by atoms with Crippen molar-refractivity contribution in [1.29, 1.82) is 0 Å². The van der Waals surface area contributed by atoms with Crippen LogP contribution >= 0.6 is 0 Å². The second-order valence-corrected chi connectivity index (χ2v) is 7.31. The molecule has 1 aromatic rings. The van der Waals surface area contributed by atoms with Gasteiger partial charge in [0.05, 0.1) is 0 Å². The van der Waals surface area contributed by atoms with E-state index in [1.165, 1.54) is 32.1 Å². The Morgan fingerprint density at radius 1 is 1.25 bits per heavy atom. The minimum absolute atomic E-state index is 0.120. The minimum atomic E-state index is 0.120. The molecule has 6 nitrogen and oxygen atoms in total. The molecule has 3 heterocycles. The van der Waals surface area contributed by atoms with Crippen LogP contribution in [0.5, 0.6) is 0 Å². The molecule has 1 atom stereocenters. The Hall–Kier alpha value is -1.85. The molecular formula is C18H27N5O. The maximum atomic E-state index is 13.1. The highest BCUT2D eigenvalue weighted by Crippen LogP contribution is 2.33. The third-order valence-corrected chi connectivity index (χ3v) is 5.65. The van der Waals surface area contributed by atoms with Crippen LogP contribution in [0.2, 0.25) is 0 Å². The first-order valence-corrected chi connectivity index (χ1v) is 9.43. The fourth-order valence-electron chi connectivity index (χ4n) is 4.46. The summed E-state index contributed by atoms with van der Waals surface area (Å²) in [5.41, 5.74) is 0.680. The number of nitrogens with zero attached hydrogens (tertiary/aromatic N) is 4. The van der Waals surface area contributed by atoms with Gasteiger partial charge in [0.1, 0.15) is 11.4 Å². The Balaban J connectivity index is 1.66. The lowest BCUT2D eigenvalue weighted by molar-refractivity contribution is 0.0727. The summed E-state index contributed by atoms with van der Waals surface area (Å²) < 4.78 is 0. The first-order valence-electron chi connectivity index (χ1n) is 9.43. The summed E-state index contributed by atoms with van der Waals surface area (Å²) in [4.78, 5) is 26.6. The van der Waals surface area contributed by atoms with Gasteiger partial charge in [-0.2, -0.15) is 4.98 Å². The van der Waals surface area contributed by atoms with Crippen molar-refractivity contribution < 1.29 is 4.79 Å². The molecule has 130 valence electrons. The molecule has 1 aliphatic carbocycles. The average Bonchev–Trinajstić information content (AvgIpc) is 3.24. The number of hydrogen-bond donors (Lipinski definition) is 1. The summed E-state index contributed by atoms with van der Waals surface area (Å²) in [5, 5.41) is 3.17. The summed E-state index contributed by atoms with van der Waals surface area (Å²) in [6, 6.07) is 0.404. The lowest BCUT2D eigenvalue weighted by atomic mass is 10.1. The molecule has 3 aliphatic rings. The number of carbonyl (C=O) groups excluding carboxylic acids is 1. The van der Waals surface area contributed by atoms with Crippen LogP contribution in [0, 0.1) is 5.92 Å². The largest absolute Gasteiger partial charge is 0.354 e. The van der Waals surface area contributed by atoms with E-state index >= 15 is 0 Å². The van der Waals surface area contributed by atoms with Crippen molar-refractivity contribution in [2.24, 2.45) is 5.92 Å². The molecule has 1 N–H and O–H groups in total. The van der Waals surface area contributed by atoms with Crippen LogP contribution in [0.25, 0.3) is 0 Å². The summed E-state index contributed by atoms with van der Waals surface area (Å²) in [5.74, 6) is 2.25. The summed E-state index contributed by atoms with van der Waals surface area (Å²) in [7, 11) is 0. The predicted octanol–water partition coefficient (Wildman–Crippen LogP) is 2.52. The van der Waals surface area contributed by atoms with E-state index in [1.807, 2.05) is 6.92 Å². The van der Waals surface area contributed by atoms with Gasteiger partial charge in [-0.3, -0.25) is 4.79 Å². The highest BCUT2D eigenvalue weighted by molar-refractivity contribution is 5.99. The van der Waals surface area contributed by atoms with E-state index in [9.17, 15) is 4.79 Å². The normalized spacial score (nSPS) is 24.0. The van der Waals surface area contributed by atoms with Crippen molar-refractivity contribution in [3.05, 3.63) is 11.8 Å². The van der Waals surface area contributed by atoms with Crippen LogP contribution < -0.4 is 10.2 Å². The van der Waals surface area contributed by atoms with Crippen molar-refractivity contribution in [2.45, 2.75) is 51.5 Å². The molecule has 4 rings (SSSR count). The zero-order valence-electron chi connectivity index (χ0n) is 14.5. The van der Waals surface area contributed by atoms with Gasteiger partial charge in [-0.15, -0.1) is 0 Å². The van der Waals surface area contributed by atoms with Gasteiger partial charge in [-0.05, 0) is 38.5 Å². The van der Waals surface area contributed by atoms with Crippen LogP contribution in [0.1, 0.15) is 55.8 Å². The Bertz CT molecular complexity index is 613. The van der Waals surface area contributed by atoms with Crippen molar-refractivity contribution >= 4 is 17.7 Å². The first-order chi connectivity index (χ1) is 11.8. The quantitative estimate of drug-likeness (QED) is 0.920. The molecule has 0 aromatic carbocycles. The number of aromatic nitrogens is 2. The third kappa shape index (κ3) is 2.82. The SMILES string of the molecule is CCNc1ncc2c(n1)N1CCCC1CN(CC1CCCC1)C2=O. The van der Waals surface area contributed by atoms with E-state index in [0.29, 0.717) is 23.5 Å². The molecular weight excluding hydrogens is 302 g/mol. The number of rotatable bonds is 4. The summed E-state index contributed by atoms with van der Waals surface area (Å²) >= 11 is 0. The van der Waals surface area contributed by atoms with Crippen LogP contribution in [0.4, 0.5) is 11.8 Å². The standard InChI is InChI=1S/C18H27N5O/c1-2-19-18-20-10-15-16(21-18)23-9-5-8-14(23)12-22(17(15)24)11-13-6-3-4-7-13/h10,13-14H,2-9,11-12H2,1H3,(H,19,20,21). The van der Waals surface area contributed by atoms with E-state index < -0.39 is 0 Å². The Labute approximate surface area is 143 Å². The van der Waals surface area contributed by atoms with Gasteiger partial charge in [0.15, 0.2) is 0 Å². The highest BCUT2D eigenvalue weighted by Gasteiger charge is 2.37. The monoisotopic (exact) mass is 329 g/mol. The highest BCUT2D eigenvalue weighted by atomic mass is 16.2. The number of carbonyl (C=O) groups is 1. The third-order valence-electron chi connectivity index (χ3n) is 5.65. The molecule has 0 bridgehead atoms. The number of fused-ring (bicyclic) bond motifs is 3. The molecule has 6 heteroatoms. The second kappa shape index (κ2) is 6.57. The molecule has 2 fully saturated rings. The van der Waals surface area contributed by atoms with Crippen LogP contribution in [-0.2, 0) is 0 Å². The Kier molecular flexibility index (Phi) is 4.29. The Morgan fingerprint density at radius 2 is 2.08 bits per heavy atom. The zero-order valence-corrected chi connectivity index (χ0v) is 14.5. The molecule has 1 unspecified atom stereocenters. The van der Waals surface area contributed by atoms with Gasteiger partial charge in [-0.1, -0.05) is 12.8 Å². The maximum absolute atomic E-state index is 13.1. The first kappa shape index (κ1) is 15.7. The molecule has 24 heavy (non-hydrogen) atoms. The molecule has 0 spiro atoms. The lowest BCUT2D eigenvalue weighted by Gasteiger charge is -2.28. The number of amides is 1. The summed E-state index contributed by atoms with van der Waals surface area (Å²) in [6.07, 6.45) is 9.21. The average molecular weight is 329 g/mol. The van der Waals surface area contributed by atoms with Gasteiger partial charge in [0.25, 0.3) is 5.91 Å². The van der Waals surface area contributed by atoms with Crippen molar-refractivity contribution in [3.8, 4) is 0 Å². The van der Waals surface area contributed by atoms with Gasteiger partial charge >= 0.3 is 0 Å². The lowest BCUT2D eigenvalue weighted by Crippen LogP contribution is -2.41. The zero-order chi connectivity index (χ0) is 16.5. The number of anilines is 2. The molecule has 1 saturated carbocycles. The molecule has 0 radical (unpaired) electrons. The van der Waals surface area contributed by atoms with Crippen LogP contribution in [-0.4, -0.2) is 53.0 Å².